The molecule has 0 aliphatic carbocycles. The molecule has 1 aromatic carbocycles. The van der Waals surface area contributed by atoms with E-state index in [9.17, 15) is 4.79 Å². The molecule has 0 fully saturated rings. The number of esters is 1. The molecule has 0 amide bonds. The lowest BCUT2D eigenvalue weighted by Gasteiger charge is -2.15. The lowest BCUT2D eigenvalue weighted by Crippen LogP contribution is -2.09. The zero-order chi connectivity index (χ0) is 14.7. The summed E-state index contributed by atoms with van der Waals surface area (Å²) in [5.74, 6) is -0.396. The summed E-state index contributed by atoms with van der Waals surface area (Å²) in [6, 6.07) is 5.12. The van der Waals surface area contributed by atoms with E-state index >= 15 is 0 Å². The molecule has 106 valence electrons. The molecule has 1 heterocycles. The highest BCUT2D eigenvalue weighted by molar-refractivity contribution is 7.09. The normalized spacial score (nSPS) is 11.9. The Labute approximate surface area is 121 Å². The van der Waals surface area contributed by atoms with Gasteiger partial charge in [-0.1, -0.05) is 0 Å². The number of ether oxygens (including phenoxy) is 1. The van der Waals surface area contributed by atoms with Gasteiger partial charge in [-0.3, -0.25) is 0 Å². The van der Waals surface area contributed by atoms with E-state index in [1.807, 2.05) is 19.2 Å². The largest absolute Gasteiger partial charge is 0.465 e. The van der Waals surface area contributed by atoms with Crippen LogP contribution in [0.15, 0.2) is 23.6 Å². The average molecular weight is 291 g/mol. The van der Waals surface area contributed by atoms with Crippen LogP contribution in [0.2, 0.25) is 0 Å². The van der Waals surface area contributed by atoms with Crippen molar-refractivity contribution in [2.24, 2.45) is 0 Å². The van der Waals surface area contributed by atoms with Crippen molar-refractivity contribution >= 4 is 28.7 Å². The van der Waals surface area contributed by atoms with Crippen LogP contribution >= 0.6 is 11.3 Å². The smallest absolute Gasteiger partial charge is 0.337 e. The van der Waals surface area contributed by atoms with E-state index < -0.39 is 5.97 Å². The second-order valence-corrected chi connectivity index (χ2v) is 5.38. The van der Waals surface area contributed by atoms with Crippen molar-refractivity contribution in [3.63, 3.8) is 0 Å². The fourth-order valence-electron chi connectivity index (χ4n) is 1.81. The number of aryl methyl sites for hydroxylation is 1. The summed E-state index contributed by atoms with van der Waals surface area (Å²) in [5.41, 5.74) is 8.69. The Balaban J connectivity index is 2.15. The minimum absolute atomic E-state index is 0.0555. The monoisotopic (exact) mass is 291 g/mol. The van der Waals surface area contributed by atoms with E-state index in [-0.39, 0.29) is 6.04 Å². The number of hydrogen-bond acceptors (Lipinski definition) is 6. The van der Waals surface area contributed by atoms with Crippen molar-refractivity contribution in [1.82, 2.24) is 4.98 Å². The third-order valence-corrected chi connectivity index (χ3v) is 4.00. The number of carbonyl (C=O) groups is 1. The molecule has 2 aromatic rings. The minimum Gasteiger partial charge on any atom is -0.465 e. The third-order valence-electron chi connectivity index (χ3n) is 2.85. The molecule has 20 heavy (non-hydrogen) atoms. The number of aromatic nitrogens is 1. The maximum absolute atomic E-state index is 11.4. The molecule has 1 aromatic heterocycles. The zero-order valence-electron chi connectivity index (χ0n) is 11.6. The maximum atomic E-state index is 11.4. The number of benzene rings is 1. The van der Waals surface area contributed by atoms with E-state index in [1.165, 1.54) is 7.11 Å². The molecule has 0 bridgehead atoms. The predicted octanol–water partition coefficient (Wildman–Crippen LogP) is 2.99. The van der Waals surface area contributed by atoms with Crippen LogP contribution in [0.5, 0.6) is 0 Å². The molecule has 6 heteroatoms. The number of nitrogen functional groups attached to an aromatic ring is 1. The standard InChI is InChI=1S/C14H17N3O2S/c1-8-7-20-13(16-8)9(2)17-12-5-4-10(6-11(12)15)14(18)19-3/h4-7,9,17H,15H2,1-3H3. The summed E-state index contributed by atoms with van der Waals surface area (Å²) >= 11 is 1.61. The Kier molecular flexibility index (Phi) is 4.24. The van der Waals surface area contributed by atoms with Gasteiger partial charge in [0.15, 0.2) is 0 Å². The molecule has 0 aliphatic heterocycles. The van der Waals surface area contributed by atoms with E-state index in [1.54, 1.807) is 29.5 Å². The van der Waals surface area contributed by atoms with Gasteiger partial charge in [0.1, 0.15) is 5.01 Å². The second-order valence-electron chi connectivity index (χ2n) is 4.49. The van der Waals surface area contributed by atoms with Crippen molar-refractivity contribution in [2.45, 2.75) is 19.9 Å². The first kappa shape index (κ1) is 14.3. The van der Waals surface area contributed by atoms with Crippen LogP contribution in [0.1, 0.15) is 34.0 Å². The van der Waals surface area contributed by atoms with Gasteiger partial charge in [-0.2, -0.15) is 0 Å². The van der Waals surface area contributed by atoms with E-state index in [0.717, 1.165) is 16.4 Å². The molecule has 0 saturated heterocycles. The fourth-order valence-corrected chi connectivity index (χ4v) is 2.61. The lowest BCUT2D eigenvalue weighted by atomic mass is 10.1. The van der Waals surface area contributed by atoms with Crippen LogP contribution in [-0.2, 0) is 4.74 Å². The molecule has 1 atom stereocenters. The van der Waals surface area contributed by atoms with Crippen LogP contribution in [0.25, 0.3) is 0 Å². The molecule has 0 spiro atoms. The van der Waals surface area contributed by atoms with E-state index in [2.05, 4.69) is 15.0 Å². The van der Waals surface area contributed by atoms with Gasteiger partial charge in [-0.15, -0.1) is 11.3 Å². The number of nitrogens with two attached hydrogens (primary N) is 1. The van der Waals surface area contributed by atoms with Gasteiger partial charge in [0.25, 0.3) is 0 Å². The van der Waals surface area contributed by atoms with Crippen molar-refractivity contribution < 1.29 is 9.53 Å². The summed E-state index contributed by atoms with van der Waals surface area (Å²) in [6.07, 6.45) is 0. The van der Waals surface area contributed by atoms with Crippen molar-refractivity contribution in [1.29, 1.82) is 0 Å². The minimum atomic E-state index is -0.396. The molecule has 0 aliphatic rings. The highest BCUT2D eigenvalue weighted by atomic mass is 32.1. The number of nitrogens with one attached hydrogen (secondary N) is 1. The van der Waals surface area contributed by atoms with E-state index in [4.69, 9.17) is 5.73 Å². The van der Waals surface area contributed by atoms with E-state index in [0.29, 0.717) is 11.3 Å². The van der Waals surface area contributed by atoms with Gasteiger partial charge in [-0.05, 0) is 32.0 Å². The van der Waals surface area contributed by atoms with Crippen molar-refractivity contribution in [2.75, 3.05) is 18.2 Å². The Bertz CT molecular complexity index is 625. The maximum Gasteiger partial charge on any atom is 0.337 e. The highest BCUT2D eigenvalue weighted by Crippen LogP contribution is 2.26. The summed E-state index contributed by atoms with van der Waals surface area (Å²) in [6.45, 7) is 3.98. The lowest BCUT2D eigenvalue weighted by molar-refractivity contribution is 0.0601. The third kappa shape index (κ3) is 3.08. The summed E-state index contributed by atoms with van der Waals surface area (Å²) in [4.78, 5) is 15.9. The van der Waals surface area contributed by atoms with Crippen LogP contribution in [0.4, 0.5) is 11.4 Å². The summed E-state index contributed by atoms with van der Waals surface area (Å²) in [7, 11) is 1.34. The molecule has 5 nitrogen and oxygen atoms in total. The van der Waals surface area contributed by atoms with Crippen LogP contribution in [0.3, 0.4) is 0 Å². The first-order valence-corrected chi connectivity index (χ1v) is 7.05. The first-order chi connectivity index (χ1) is 9.51. The average Bonchev–Trinajstić information content (AvgIpc) is 2.86. The highest BCUT2D eigenvalue weighted by Gasteiger charge is 2.12. The number of thiazole rings is 1. The van der Waals surface area contributed by atoms with Gasteiger partial charge in [0.05, 0.1) is 30.1 Å². The van der Waals surface area contributed by atoms with Crippen molar-refractivity contribution in [3.05, 3.63) is 39.8 Å². The SMILES string of the molecule is COC(=O)c1ccc(NC(C)c2nc(C)cs2)c(N)c1. The quantitative estimate of drug-likeness (QED) is 0.669. The van der Waals surface area contributed by atoms with Crippen LogP contribution in [0, 0.1) is 6.92 Å². The topological polar surface area (TPSA) is 77.2 Å². The molecule has 2 rings (SSSR count). The molecular weight excluding hydrogens is 274 g/mol. The first-order valence-electron chi connectivity index (χ1n) is 6.17. The fraction of sp³-hybridized carbons (Fsp3) is 0.286. The Morgan fingerprint density at radius 2 is 2.25 bits per heavy atom. The number of hydrogen-bond donors (Lipinski definition) is 2. The Morgan fingerprint density at radius 3 is 2.80 bits per heavy atom. The molecule has 1 unspecified atom stereocenters. The molecule has 0 radical (unpaired) electrons. The van der Waals surface area contributed by atoms with Gasteiger partial charge >= 0.3 is 5.97 Å². The Hall–Kier alpha value is -2.08. The number of carbonyl (C=O) groups excluding carboxylic acids is 1. The van der Waals surface area contributed by atoms with Gasteiger partial charge in [0, 0.05) is 11.1 Å². The predicted molar refractivity (Wildman–Crippen MR) is 81.1 cm³/mol. The van der Waals surface area contributed by atoms with Gasteiger partial charge in [0.2, 0.25) is 0 Å². The number of anilines is 2. The molecule has 0 saturated carbocycles. The number of nitrogens with zero attached hydrogens (tertiary/aromatic N) is 1. The molecule has 3 N–H and O–H groups in total. The number of rotatable bonds is 4. The second kappa shape index (κ2) is 5.92. The summed E-state index contributed by atoms with van der Waals surface area (Å²) in [5, 5.41) is 6.30. The van der Waals surface area contributed by atoms with Crippen LogP contribution in [-0.4, -0.2) is 18.1 Å². The molecular formula is C14H17N3O2S. The number of methoxy groups -OCH3 is 1. The van der Waals surface area contributed by atoms with Gasteiger partial charge in [-0.25, -0.2) is 9.78 Å². The van der Waals surface area contributed by atoms with Crippen LogP contribution < -0.4 is 11.1 Å². The van der Waals surface area contributed by atoms with Crippen molar-refractivity contribution in [3.8, 4) is 0 Å². The Morgan fingerprint density at radius 1 is 1.50 bits per heavy atom. The van der Waals surface area contributed by atoms with Gasteiger partial charge < -0.3 is 15.8 Å². The zero-order valence-corrected chi connectivity index (χ0v) is 12.5. The summed E-state index contributed by atoms with van der Waals surface area (Å²) < 4.78 is 4.66.